The van der Waals surface area contributed by atoms with Crippen LogP contribution in [0.1, 0.15) is 57.5 Å². The van der Waals surface area contributed by atoms with Crippen molar-refractivity contribution in [2.45, 2.75) is 46.5 Å². The molecular weight excluding hydrogens is 562 g/mol. The van der Waals surface area contributed by atoms with Crippen LogP contribution < -0.4 is 9.80 Å². The molecule has 2 aromatic heterocycles. The van der Waals surface area contributed by atoms with Crippen LogP contribution in [0.5, 0.6) is 0 Å². The minimum atomic E-state index is -0.738. The highest BCUT2D eigenvalue weighted by molar-refractivity contribution is 7.15. The van der Waals surface area contributed by atoms with Gasteiger partial charge in [0, 0.05) is 16.3 Å². The number of rotatable bonds is 6. The Bertz CT molecular complexity index is 1720. The number of benzene rings is 2. The molecule has 1 aliphatic heterocycles. The van der Waals surface area contributed by atoms with Crippen LogP contribution in [0.3, 0.4) is 0 Å². The topological polar surface area (TPSA) is 88.9 Å². The summed E-state index contributed by atoms with van der Waals surface area (Å²) in [5, 5.41) is 0.790. The number of carbonyl (C=O) groups excluding carboxylic acids is 4. The van der Waals surface area contributed by atoms with Gasteiger partial charge in [0.1, 0.15) is 10.6 Å². The molecule has 0 saturated carbocycles. The highest BCUT2D eigenvalue weighted by Gasteiger charge is 2.44. The van der Waals surface area contributed by atoms with Gasteiger partial charge < -0.3 is 9.30 Å². The van der Waals surface area contributed by atoms with Crippen molar-refractivity contribution in [3.63, 3.8) is 0 Å². The molecule has 0 atom stereocenters. The van der Waals surface area contributed by atoms with Gasteiger partial charge in [0.15, 0.2) is 0 Å². The Labute approximate surface area is 253 Å². The zero-order chi connectivity index (χ0) is 30.2. The molecule has 6 rings (SSSR count). The molecule has 0 bridgehead atoms. The van der Waals surface area contributed by atoms with Crippen molar-refractivity contribution in [1.82, 2.24) is 4.57 Å². The van der Waals surface area contributed by atoms with Crippen molar-refractivity contribution < 1.29 is 23.9 Å². The summed E-state index contributed by atoms with van der Waals surface area (Å²) in [6.45, 7) is 5.92. The standard InChI is InChI=1S/C34H31N3O5S/c1-4-42-33(40)29-26-17-11-12-18-28(26)43-32(29)35-21(2)19-23(22(35)3)20-27-30(38)36(24-13-7-5-8-14-24)34(41)37(31(27)39)25-15-9-6-10-16-25/h5-10,13-16,19-20H,4,11-12,17-18H2,1-3H3. The second-order valence-corrected chi connectivity index (χ2v) is 11.6. The van der Waals surface area contributed by atoms with Crippen LogP contribution in [0.15, 0.2) is 72.3 Å². The van der Waals surface area contributed by atoms with Crippen molar-refractivity contribution in [2.24, 2.45) is 0 Å². The number of ether oxygens (including phenoxy) is 1. The first-order valence-electron chi connectivity index (χ1n) is 14.4. The van der Waals surface area contributed by atoms with E-state index in [0.717, 1.165) is 57.4 Å². The molecule has 2 aliphatic rings. The molecule has 8 nitrogen and oxygen atoms in total. The lowest BCUT2D eigenvalue weighted by Crippen LogP contribution is -2.57. The van der Waals surface area contributed by atoms with Gasteiger partial charge in [-0.25, -0.2) is 19.4 Å². The third kappa shape index (κ3) is 4.89. The second kappa shape index (κ2) is 11.5. The molecule has 218 valence electrons. The Kier molecular flexibility index (Phi) is 7.58. The summed E-state index contributed by atoms with van der Waals surface area (Å²) in [6.07, 6.45) is 5.41. The number of barbiturate groups is 1. The highest BCUT2D eigenvalue weighted by atomic mass is 32.1. The van der Waals surface area contributed by atoms with Gasteiger partial charge >= 0.3 is 12.0 Å². The van der Waals surface area contributed by atoms with Crippen molar-refractivity contribution in [3.05, 3.63) is 105 Å². The fourth-order valence-electron chi connectivity index (χ4n) is 5.86. The smallest absolute Gasteiger partial charge is 0.343 e. The monoisotopic (exact) mass is 593 g/mol. The number of thiophene rings is 1. The SMILES string of the molecule is CCOC(=O)c1c(-n2c(C)cc(C=C3C(=O)N(c4ccccc4)C(=O)N(c4ccccc4)C3=O)c2C)sc2c1CCCC2. The zero-order valence-corrected chi connectivity index (χ0v) is 25.1. The van der Waals surface area contributed by atoms with Gasteiger partial charge in [-0.15, -0.1) is 11.3 Å². The lowest BCUT2D eigenvalue weighted by Gasteiger charge is -2.33. The number of hydrogen-bond acceptors (Lipinski definition) is 6. The maximum absolute atomic E-state index is 13.9. The summed E-state index contributed by atoms with van der Waals surface area (Å²) >= 11 is 1.60. The summed E-state index contributed by atoms with van der Waals surface area (Å²) in [5.74, 6) is -1.73. The number of esters is 1. The van der Waals surface area contributed by atoms with E-state index in [4.69, 9.17) is 4.74 Å². The molecule has 0 spiro atoms. The van der Waals surface area contributed by atoms with E-state index in [0.29, 0.717) is 22.5 Å². The normalized spacial score (nSPS) is 15.1. The minimum Gasteiger partial charge on any atom is -0.462 e. The maximum Gasteiger partial charge on any atom is 0.343 e. The first-order chi connectivity index (χ1) is 20.8. The summed E-state index contributed by atoms with van der Waals surface area (Å²) < 4.78 is 7.49. The summed E-state index contributed by atoms with van der Waals surface area (Å²) in [7, 11) is 0. The lowest BCUT2D eigenvalue weighted by molar-refractivity contribution is -0.121. The van der Waals surface area contributed by atoms with Crippen molar-refractivity contribution in [1.29, 1.82) is 0 Å². The van der Waals surface area contributed by atoms with Gasteiger partial charge in [0.05, 0.1) is 23.5 Å². The van der Waals surface area contributed by atoms with E-state index in [1.54, 1.807) is 85.0 Å². The summed E-state index contributed by atoms with van der Waals surface area (Å²) in [6, 6.07) is 18.3. The van der Waals surface area contributed by atoms with E-state index in [9.17, 15) is 19.2 Å². The molecule has 1 aliphatic carbocycles. The average molecular weight is 594 g/mol. The molecule has 4 aromatic rings. The summed E-state index contributed by atoms with van der Waals surface area (Å²) in [5.41, 5.74) is 4.52. The van der Waals surface area contributed by atoms with Crippen LogP contribution in [0.4, 0.5) is 16.2 Å². The van der Waals surface area contributed by atoms with E-state index in [1.165, 1.54) is 4.88 Å². The molecule has 4 amide bonds. The molecule has 43 heavy (non-hydrogen) atoms. The van der Waals surface area contributed by atoms with Crippen LogP contribution in [0, 0.1) is 13.8 Å². The third-order valence-corrected chi connectivity index (χ3v) is 9.16. The van der Waals surface area contributed by atoms with Crippen LogP contribution in [0.2, 0.25) is 0 Å². The summed E-state index contributed by atoms with van der Waals surface area (Å²) in [4.78, 5) is 57.9. The van der Waals surface area contributed by atoms with Gasteiger partial charge in [-0.2, -0.15) is 0 Å². The van der Waals surface area contributed by atoms with Gasteiger partial charge in [-0.1, -0.05) is 36.4 Å². The van der Waals surface area contributed by atoms with E-state index in [1.807, 2.05) is 24.5 Å². The van der Waals surface area contributed by atoms with Gasteiger partial charge in [0.25, 0.3) is 11.8 Å². The highest BCUT2D eigenvalue weighted by Crippen LogP contribution is 2.40. The first-order valence-corrected chi connectivity index (χ1v) is 15.2. The number of para-hydroxylation sites is 2. The Morgan fingerprint density at radius 1 is 0.884 bits per heavy atom. The number of hydrogen-bond donors (Lipinski definition) is 0. The number of carbonyl (C=O) groups is 4. The van der Waals surface area contributed by atoms with Crippen LogP contribution in [0.25, 0.3) is 11.1 Å². The van der Waals surface area contributed by atoms with Crippen molar-refractivity contribution >= 4 is 52.6 Å². The molecule has 1 saturated heterocycles. The van der Waals surface area contributed by atoms with Crippen molar-refractivity contribution in [2.75, 3.05) is 16.4 Å². The minimum absolute atomic E-state index is 0.136. The predicted octanol–water partition coefficient (Wildman–Crippen LogP) is 6.79. The Morgan fingerprint density at radius 2 is 1.47 bits per heavy atom. The molecule has 1 fully saturated rings. The number of fused-ring (bicyclic) bond motifs is 1. The Morgan fingerprint density at radius 3 is 2.05 bits per heavy atom. The number of anilines is 2. The number of aromatic nitrogens is 1. The van der Waals surface area contributed by atoms with Crippen LogP contribution in [-0.4, -0.2) is 35.0 Å². The third-order valence-electron chi connectivity index (χ3n) is 7.88. The number of imide groups is 2. The quantitative estimate of drug-likeness (QED) is 0.139. The van der Waals surface area contributed by atoms with E-state index in [2.05, 4.69) is 0 Å². The molecule has 9 heteroatoms. The largest absolute Gasteiger partial charge is 0.462 e. The van der Waals surface area contributed by atoms with E-state index >= 15 is 0 Å². The number of nitrogens with zero attached hydrogens (tertiary/aromatic N) is 3. The van der Waals surface area contributed by atoms with Gasteiger partial charge in [-0.05, 0) is 94.0 Å². The molecule has 0 N–H and O–H groups in total. The van der Waals surface area contributed by atoms with Gasteiger partial charge in [0.2, 0.25) is 0 Å². The fraction of sp³-hybridized carbons (Fsp3) is 0.235. The molecule has 2 aromatic carbocycles. The van der Waals surface area contributed by atoms with E-state index < -0.39 is 17.8 Å². The Hall–Kier alpha value is -4.76. The predicted molar refractivity (Wildman–Crippen MR) is 167 cm³/mol. The molecule has 3 heterocycles. The van der Waals surface area contributed by atoms with Crippen LogP contribution >= 0.6 is 11.3 Å². The average Bonchev–Trinajstić information content (AvgIpc) is 3.52. The first kappa shape index (κ1) is 28.4. The van der Waals surface area contributed by atoms with Gasteiger partial charge in [-0.3, -0.25) is 9.59 Å². The number of urea groups is 1. The Balaban J connectivity index is 1.49. The molecular formula is C34H31N3O5S. The molecule has 0 radical (unpaired) electrons. The van der Waals surface area contributed by atoms with E-state index in [-0.39, 0.29) is 18.1 Å². The fourth-order valence-corrected chi connectivity index (χ4v) is 7.35. The van der Waals surface area contributed by atoms with Crippen LogP contribution in [-0.2, 0) is 27.2 Å². The lowest BCUT2D eigenvalue weighted by atomic mass is 9.95. The number of aryl methyl sites for hydroxylation is 2. The van der Waals surface area contributed by atoms with Crippen molar-refractivity contribution in [3.8, 4) is 5.00 Å². The number of amides is 4. The second-order valence-electron chi connectivity index (χ2n) is 10.6. The maximum atomic E-state index is 13.9. The zero-order valence-electron chi connectivity index (χ0n) is 24.3. The molecule has 0 unspecified atom stereocenters.